The molecule has 0 unspecified atom stereocenters. The van der Waals surface area contributed by atoms with Crippen molar-refractivity contribution in [2.45, 2.75) is 6.42 Å². The molecule has 0 heterocycles. The topological polar surface area (TPSA) is 80.9 Å². The molecule has 0 spiro atoms. The van der Waals surface area contributed by atoms with Gasteiger partial charge in [0.25, 0.3) is 0 Å². The molecule has 0 aromatic heterocycles. The van der Waals surface area contributed by atoms with Gasteiger partial charge in [-0.3, -0.25) is 0 Å². The Morgan fingerprint density at radius 3 is 2.27 bits per heavy atom. The second-order valence-corrected chi connectivity index (χ2v) is 2.54. The van der Waals surface area contributed by atoms with E-state index in [2.05, 4.69) is 15.9 Å². The average Bonchev–Trinajstić information content (AvgIpc) is 2.02. The number of allylic oxidation sites excluding steroid dienone is 1. The maximum absolute atomic E-state index is 8.98. The lowest BCUT2D eigenvalue weighted by Gasteiger charge is -2.00. The minimum absolute atomic E-state index is 0.0194. The maximum Gasteiger partial charge on any atom is 0.167 e. The van der Waals surface area contributed by atoms with Crippen molar-refractivity contribution in [2.75, 3.05) is 6.61 Å². The van der Waals surface area contributed by atoms with Gasteiger partial charge in [0.1, 0.15) is 12.0 Å². The van der Waals surface area contributed by atoms with Gasteiger partial charge >= 0.3 is 0 Å². The number of aliphatic hydroxyl groups excluding tert-OH is 4. The molecule has 5 heteroatoms. The van der Waals surface area contributed by atoms with E-state index in [1.807, 2.05) is 0 Å². The molecule has 0 aliphatic heterocycles. The highest BCUT2D eigenvalue weighted by molar-refractivity contribution is 9.12. The number of aliphatic hydroxyl groups is 4. The lowest BCUT2D eigenvalue weighted by molar-refractivity contribution is 0.266. The van der Waals surface area contributed by atoms with E-state index in [9.17, 15) is 0 Å². The highest BCUT2D eigenvalue weighted by Crippen LogP contribution is 2.19. The molecule has 0 saturated heterocycles. The summed E-state index contributed by atoms with van der Waals surface area (Å²) in [4.78, 5) is 0. The predicted octanol–water partition coefficient (Wildman–Crippen LogP) is 1.49. The molecular formula is C6H9BrO4. The molecule has 0 bridgehead atoms. The van der Waals surface area contributed by atoms with Gasteiger partial charge in [0.15, 0.2) is 5.76 Å². The second kappa shape index (κ2) is 5.03. The van der Waals surface area contributed by atoms with E-state index in [0.717, 1.165) is 0 Å². The van der Waals surface area contributed by atoms with Crippen LogP contribution in [0.3, 0.4) is 0 Å². The van der Waals surface area contributed by atoms with Crippen LogP contribution in [0.15, 0.2) is 22.3 Å². The SMILES string of the molecule is O/C=C(O)/C(Br)=C(/O)CCO. The van der Waals surface area contributed by atoms with Gasteiger partial charge < -0.3 is 20.4 Å². The molecule has 4 nitrogen and oxygen atoms in total. The Bertz CT molecular complexity index is 185. The Labute approximate surface area is 72.2 Å². The number of halogens is 1. The number of rotatable bonds is 3. The normalized spacial score (nSPS) is 14.5. The summed E-state index contributed by atoms with van der Waals surface area (Å²) in [5.41, 5.74) is 0. The summed E-state index contributed by atoms with van der Waals surface area (Å²) in [6, 6.07) is 0. The van der Waals surface area contributed by atoms with E-state index >= 15 is 0 Å². The van der Waals surface area contributed by atoms with Crippen molar-refractivity contribution in [3.8, 4) is 0 Å². The molecule has 0 amide bonds. The van der Waals surface area contributed by atoms with E-state index in [1.165, 1.54) is 0 Å². The lowest BCUT2D eigenvalue weighted by Crippen LogP contribution is -1.92. The maximum atomic E-state index is 8.98. The molecule has 0 fully saturated rings. The molecule has 0 aliphatic carbocycles. The Hall–Kier alpha value is -0.680. The second-order valence-electron chi connectivity index (χ2n) is 1.75. The minimum Gasteiger partial charge on any atom is -0.512 e. The van der Waals surface area contributed by atoms with Gasteiger partial charge in [0.2, 0.25) is 0 Å². The highest BCUT2D eigenvalue weighted by Gasteiger charge is 2.05. The quantitative estimate of drug-likeness (QED) is 0.433. The van der Waals surface area contributed by atoms with Gasteiger partial charge in [-0.2, -0.15) is 0 Å². The summed E-state index contributed by atoms with van der Waals surface area (Å²) in [6.45, 7) is -0.223. The molecule has 64 valence electrons. The van der Waals surface area contributed by atoms with Gasteiger partial charge in [-0.1, -0.05) is 0 Å². The van der Waals surface area contributed by atoms with Crippen LogP contribution < -0.4 is 0 Å². The minimum atomic E-state index is -0.476. The van der Waals surface area contributed by atoms with Gasteiger partial charge in [-0.05, 0) is 15.9 Å². The van der Waals surface area contributed by atoms with Crippen LogP contribution in [0.25, 0.3) is 0 Å². The molecule has 0 aliphatic rings. The molecule has 11 heavy (non-hydrogen) atoms. The first-order valence-corrected chi connectivity index (χ1v) is 3.65. The van der Waals surface area contributed by atoms with Crippen LogP contribution in [0.4, 0.5) is 0 Å². The van der Waals surface area contributed by atoms with Gasteiger partial charge in [-0.25, -0.2) is 0 Å². The standard InChI is InChI=1S/C6H9BrO4/c7-6(5(11)3-9)4(10)1-2-8/h3,8-11H,1-2H2/b5-3-,6-4-. The van der Waals surface area contributed by atoms with Crippen molar-refractivity contribution >= 4 is 15.9 Å². The summed E-state index contributed by atoms with van der Waals surface area (Å²) >= 11 is 2.81. The van der Waals surface area contributed by atoms with Gasteiger partial charge in [0, 0.05) is 6.42 Å². The van der Waals surface area contributed by atoms with Crippen molar-refractivity contribution in [1.82, 2.24) is 0 Å². The Kier molecular flexibility index (Phi) is 4.72. The van der Waals surface area contributed by atoms with E-state index in [-0.39, 0.29) is 23.3 Å². The van der Waals surface area contributed by atoms with E-state index in [0.29, 0.717) is 6.26 Å². The van der Waals surface area contributed by atoms with Crippen molar-refractivity contribution in [3.05, 3.63) is 22.3 Å². The third-order valence-electron chi connectivity index (χ3n) is 0.949. The van der Waals surface area contributed by atoms with E-state index in [4.69, 9.17) is 20.4 Å². The predicted molar refractivity (Wildman–Crippen MR) is 43.6 cm³/mol. The van der Waals surface area contributed by atoms with Gasteiger partial charge in [0.05, 0.1) is 11.1 Å². The van der Waals surface area contributed by atoms with Crippen LogP contribution in [0, 0.1) is 0 Å². The smallest absolute Gasteiger partial charge is 0.167 e. The summed E-state index contributed by atoms with van der Waals surface area (Å²) in [6.07, 6.45) is 0.468. The Morgan fingerprint density at radius 2 is 1.91 bits per heavy atom. The van der Waals surface area contributed by atoms with E-state index < -0.39 is 5.76 Å². The molecule has 0 atom stereocenters. The van der Waals surface area contributed by atoms with Crippen molar-refractivity contribution < 1.29 is 20.4 Å². The van der Waals surface area contributed by atoms with Crippen LogP contribution >= 0.6 is 15.9 Å². The monoisotopic (exact) mass is 224 g/mol. The summed E-state index contributed by atoms with van der Waals surface area (Å²) in [5, 5.41) is 34.4. The van der Waals surface area contributed by atoms with Crippen LogP contribution in [0.5, 0.6) is 0 Å². The fraction of sp³-hybridized carbons (Fsp3) is 0.333. The van der Waals surface area contributed by atoms with Crippen LogP contribution in [-0.2, 0) is 0 Å². The highest BCUT2D eigenvalue weighted by atomic mass is 79.9. The third kappa shape index (κ3) is 3.29. The van der Waals surface area contributed by atoms with Crippen LogP contribution in [-0.4, -0.2) is 27.0 Å². The fourth-order valence-corrected chi connectivity index (χ4v) is 0.721. The number of hydrogen-bond acceptors (Lipinski definition) is 4. The van der Waals surface area contributed by atoms with Crippen molar-refractivity contribution in [3.63, 3.8) is 0 Å². The first-order valence-electron chi connectivity index (χ1n) is 2.85. The summed E-state index contributed by atoms with van der Waals surface area (Å²) in [7, 11) is 0. The lowest BCUT2D eigenvalue weighted by atomic mass is 10.3. The molecule has 0 aromatic rings. The zero-order valence-corrected chi connectivity index (χ0v) is 7.24. The molecule has 0 radical (unpaired) electrons. The van der Waals surface area contributed by atoms with Gasteiger partial charge in [-0.15, -0.1) is 0 Å². The van der Waals surface area contributed by atoms with E-state index in [1.54, 1.807) is 0 Å². The van der Waals surface area contributed by atoms with Crippen LogP contribution in [0.2, 0.25) is 0 Å². The number of hydrogen-bond donors (Lipinski definition) is 4. The molecule has 0 aromatic carbocycles. The molecule has 0 rings (SSSR count). The zero-order chi connectivity index (χ0) is 8.85. The Balaban J connectivity index is 4.39. The summed E-state index contributed by atoms with van der Waals surface area (Å²) < 4.78 is -0.0194. The van der Waals surface area contributed by atoms with Crippen LogP contribution in [0.1, 0.15) is 6.42 Å². The average molecular weight is 225 g/mol. The van der Waals surface area contributed by atoms with Crippen molar-refractivity contribution in [2.24, 2.45) is 0 Å². The first kappa shape index (κ1) is 10.3. The fourth-order valence-electron chi connectivity index (χ4n) is 0.420. The Morgan fingerprint density at radius 1 is 1.36 bits per heavy atom. The van der Waals surface area contributed by atoms with Crippen molar-refractivity contribution in [1.29, 1.82) is 0 Å². The largest absolute Gasteiger partial charge is 0.512 e. The molecule has 0 saturated carbocycles. The molecular weight excluding hydrogens is 216 g/mol. The molecule has 4 N–H and O–H groups in total. The third-order valence-corrected chi connectivity index (χ3v) is 1.81. The summed E-state index contributed by atoms with van der Waals surface area (Å²) in [5.74, 6) is -0.689. The first-order chi connectivity index (χ1) is 5.13. The zero-order valence-electron chi connectivity index (χ0n) is 5.66.